The first-order chi connectivity index (χ1) is 14.5. The number of pyridine rings is 1. The Bertz CT molecular complexity index is 1120. The molecule has 0 saturated heterocycles. The topological polar surface area (TPSA) is 77.7 Å². The standard InChI is InChI=1S/C24H23N3O3/c1-14-20-13-26-23(25)12-19(20)24(28)27(14)17-7-8-21(29-2)22(11-17)30-18-9-15-5-3-4-6-16(15)10-18/h3-8,11-14,18H,9-10H2,1-2H3,(H2,25,26). The third-order valence-corrected chi connectivity index (χ3v) is 5.98. The summed E-state index contributed by atoms with van der Waals surface area (Å²) in [6.45, 7) is 1.99. The van der Waals surface area contributed by atoms with E-state index < -0.39 is 0 Å². The van der Waals surface area contributed by atoms with Crippen molar-refractivity contribution in [1.29, 1.82) is 0 Å². The summed E-state index contributed by atoms with van der Waals surface area (Å²) >= 11 is 0. The summed E-state index contributed by atoms with van der Waals surface area (Å²) in [6, 6.07) is 15.5. The fourth-order valence-electron chi connectivity index (χ4n) is 4.47. The van der Waals surface area contributed by atoms with Gasteiger partial charge in [-0.05, 0) is 36.2 Å². The maximum atomic E-state index is 13.1. The fraction of sp³-hybridized carbons (Fsp3) is 0.250. The number of nitrogens with two attached hydrogens (primary N) is 1. The van der Waals surface area contributed by atoms with Gasteiger partial charge in [-0.3, -0.25) is 4.79 Å². The van der Waals surface area contributed by atoms with Crippen molar-refractivity contribution in [3.05, 3.63) is 77.0 Å². The number of rotatable bonds is 4. The van der Waals surface area contributed by atoms with E-state index in [0.717, 1.165) is 24.1 Å². The molecule has 152 valence electrons. The third-order valence-electron chi connectivity index (χ3n) is 5.98. The van der Waals surface area contributed by atoms with Crippen LogP contribution in [0.4, 0.5) is 11.5 Å². The van der Waals surface area contributed by atoms with Crippen LogP contribution in [0, 0.1) is 0 Å². The van der Waals surface area contributed by atoms with Gasteiger partial charge in [0.1, 0.15) is 11.9 Å². The second-order valence-corrected chi connectivity index (χ2v) is 7.80. The number of ether oxygens (including phenoxy) is 2. The number of aromatic nitrogens is 1. The first-order valence-electron chi connectivity index (χ1n) is 10.1. The quantitative estimate of drug-likeness (QED) is 0.716. The second kappa shape index (κ2) is 7.06. The van der Waals surface area contributed by atoms with E-state index in [4.69, 9.17) is 15.2 Å². The Kier molecular flexibility index (Phi) is 4.35. The third kappa shape index (κ3) is 2.96. The van der Waals surface area contributed by atoms with Crippen LogP contribution in [0.25, 0.3) is 0 Å². The molecule has 0 radical (unpaired) electrons. The molecule has 5 rings (SSSR count). The number of methoxy groups -OCH3 is 1. The van der Waals surface area contributed by atoms with Crippen LogP contribution >= 0.6 is 0 Å². The maximum Gasteiger partial charge on any atom is 0.259 e. The highest BCUT2D eigenvalue weighted by Gasteiger charge is 2.36. The molecule has 0 saturated carbocycles. The number of fused-ring (bicyclic) bond motifs is 2. The summed E-state index contributed by atoms with van der Waals surface area (Å²) in [5, 5.41) is 0. The van der Waals surface area contributed by atoms with Crippen molar-refractivity contribution in [1.82, 2.24) is 4.98 Å². The lowest BCUT2D eigenvalue weighted by Crippen LogP contribution is -2.26. The van der Waals surface area contributed by atoms with Gasteiger partial charge in [-0.15, -0.1) is 0 Å². The van der Waals surface area contributed by atoms with E-state index in [1.165, 1.54) is 11.1 Å². The van der Waals surface area contributed by atoms with Crippen LogP contribution in [-0.4, -0.2) is 24.1 Å². The van der Waals surface area contributed by atoms with Crippen molar-refractivity contribution < 1.29 is 14.3 Å². The number of nitrogens with zero attached hydrogens (tertiary/aromatic N) is 2. The van der Waals surface area contributed by atoms with Crippen molar-refractivity contribution in [2.75, 3.05) is 17.7 Å². The van der Waals surface area contributed by atoms with Crippen molar-refractivity contribution in [2.24, 2.45) is 0 Å². The van der Waals surface area contributed by atoms with Gasteiger partial charge in [0.2, 0.25) is 0 Å². The van der Waals surface area contributed by atoms with Gasteiger partial charge in [0.25, 0.3) is 5.91 Å². The Balaban J connectivity index is 1.45. The first-order valence-corrected chi connectivity index (χ1v) is 10.1. The lowest BCUT2D eigenvalue weighted by atomic mass is 10.1. The molecule has 1 atom stereocenters. The van der Waals surface area contributed by atoms with E-state index >= 15 is 0 Å². The van der Waals surface area contributed by atoms with Crippen molar-refractivity contribution in [3.63, 3.8) is 0 Å². The fourth-order valence-corrected chi connectivity index (χ4v) is 4.47. The van der Waals surface area contributed by atoms with Crippen LogP contribution < -0.4 is 20.1 Å². The molecule has 2 N–H and O–H groups in total. The van der Waals surface area contributed by atoms with Gasteiger partial charge >= 0.3 is 0 Å². The highest BCUT2D eigenvalue weighted by atomic mass is 16.5. The first kappa shape index (κ1) is 18.5. The average molecular weight is 401 g/mol. The zero-order valence-corrected chi connectivity index (χ0v) is 17.0. The molecule has 3 aromatic rings. The number of carbonyl (C=O) groups excluding carboxylic acids is 1. The van der Waals surface area contributed by atoms with Crippen LogP contribution in [0.15, 0.2) is 54.7 Å². The molecule has 1 aliphatic heterocycles. The summed E-state index contributed by atoms with van der Waals surface area (Å²) < 4.78 is 11.9. The number of benzene rings is 2. The Labute approximate surface area is 175 Å². The van der Waals surface area contributed by atoms with E-state index in [9.17, 15) is 4.79 Å². The van der Waals surface area contributed by atoms with Gasteiger partial charge in [0.05, 0.1) is 18.7 Å². The molecule has 0 fully saturated rings. The second-order valence-electron chi connectivity index (χ2n) is 7.80. The Hall–Kier alpha value is -3.54. The minimum atomic E-state index is -0.141. The molecule has 1 aromatic heterocycles. The van der Waals surface area contributed by atoms with Crippen LogP contribution in [0.2, 0.25) is 0 Å². The molecule has 1 amide bonds. The minimum absolute atomic E-state index is 0.0412. The molecule has 6 nitrogen and oxygen atoms in total. The summed E-state index contributed by atoms with van der Waals surface area (Å²) in [4.78, 5) is 19.0. The predicted molar refractivity (Wildman–Crippen MR) is 115 cm³/mol. The summed E-state index contributed by atoms with van der Waals surface area (Å²) in [7, 11) is 1.62. The van der Waals surface area contributed by atoms with Gasteiger partial charge in [-0.2, -0.15) is 0 Å². The van der Waals surface area contributed by atoms with Gasteiger partial charge in [-0.1, -0.05) is 24.3 Å². The summed E-state index contributed by atoms with van der Waals surface area (Å²) in [5.41, 5.74) is 10.7. The molecule has 6 heteroatoms. The number of carbonyl (C=O) groups is 1. The highest BCUT2D eigenvalue weighted by molar-refractivity contribution is 6.11. The van der Waals surface area contributed by atoms with Gasteiger partial charge < -0.3 is 20.1 Å². The zero-order valence-electron chi connectivity index (χ0n) is 17.0. The minimum Gasteiger partial charge on any atom is -0.493 e. The number of amides is 1. The van der Waals surface area contributed by atoms with E-state index in [0.29, 0.717) is 22.9 Å². The van der Waals surface area contributed by atoms with E-state index in [1.54, 1.807) is 24.3 Å². The lowest BCUT2D eigenvalue weighted by molar-refractivity contribution is 0.0992. The molecule has 30 heavy (non-hydrogen) atoms. The van der Waals surface area contributed by atoms with Crippen LogP contribution in [0.5, 0.6) is 11.5 Å². The molecule has 2 aromatic carbocycles. The number of hydrogen-bond acceptors (Lipinski definition) is 5. The molecule has 2 heterocycles. The van der Waals surface area contributed by atoms with E-state index in [1.807, 2.05) is 25.1 Å². The lowest BCUT2D eigenvalue weighted by Gasteiger charge is -2.24. The largest absolute Gasteiger partial charge is 0.493 e. The zero-order chi connectivity index (χ0) is 20.8. The maximum absolute atomic E-state index is 13.1. The van der Waals surface area contributed by atoms with Crippen LogP contribution in [0.3, 0.4) is 0 Å². The van der Waals surface area contributed by atoms with Gasteiger partial charge in [0.15, 0.2) is 11.5 Å². The number of anilines is 2. The number of hydrogen-bond donors (Lipinski definition) is 1. The van der Waals surface area contributed by atoms with E-state index in [-0.39, 0.29) is 18.1 Å². The smallest absolute Gasteiger partial charge is 0.259 e. The predicted octanol–water partition coefficient (Wildman–Crippen LogP) is 3.94. The van der Waals surface area contributed by atoms with Crippen molar-refractivity contribution in [2.45, 2.75) is 31.9 Å². The van der Waals surface area contributed by atoms with Gasteiger partial charge in [-0.25, -0.2) is 4.98 Å². The molecular weight excluding hydrogens is 378 g/mol. The molecule has 2 aliphatic rings. The Morgan fingerprint density at radius 2 is 1.80 bits per heavy atom. The normalized spacial score (nSPS) is 17.7. The molecule has 0 bridgehead atoms. The number of nitrogen functional groups attached to an aromatic ring is 1. The molecule has 1 unspecified atom stereocenters. The van der Waals surface area contributed by atoms with Crippen molar-refractivity contribution >= 4 is 17.4 Å². The average Bonchev–Trinajstić information content (AvgIpc) is 3.26. The SMILES string of the molecule is COc1ccc(N2C(=O)c3cc(N)ncc3C2C)cc1OC1Cc2ccccc2C1. The molecule has 0 spiro atoms. The monoisotopic (exact) mass is 401 g/mol. The Morgan fingerprint density at radius 1 is 1.07 bits per heavy atom. The van der Waals surface area contributed by atoms with Gasteiger partial charge in [0, 0.05) is 36.4 Å². The van der Waals surface area contributed by atoms with Crippen LogP contribution in [0.1, 0.15) is 40.0 Å². The summed E-state index contributed by atoms with van der Waals surface area (Å²) in [6.07, 6.45) is 3.45. The summed E-state index contributed by atoms with van der Waals surface area (Å²) in [5.74, 6) is 1.55. The molecular formula is C24H23N3O3. The molecule has 1 aliphatic carbocycles. The van der Waals surface area contributed by atoms with Crippen LogP contribution in [-0.2, 0) is 12.8 Å². The van der Waals surface area contributed by atoms with Crippen molar-refractivity contribution in [3.8, 4) is 11.5 Å². The Morgan fingerprint density at radius 3 is 2.50 bits per heavy atom. The highest BCUT2D eigenvalue weighted by Crippen LogP contribution is 2.41. The van der Waals surface area contributed by atoms with E-state index in [2.05, 4.69) is 29.2 Å².